The monoisotopic (exact) mass is 494 g/mol. The van der Waals surface area contributed by atoms with Gasteiger partial charge in [0.1, 0.15) is 5.75 Å². The summed E-state index contributed by atoms with van der Waals surface area (Å²) in [4.78, 5) is 26.8. The Morgan fingerprint density at radius 1 is 0.722 bits per heavy atom. The molecule has 36 heavy (non-hydrogen) atoms. The van der Waals surface area contributed by atoms with Crippen molar-refractivity contribution >= 4 is 57.3 Å². The van der Waals surface area contributed by atoms with Crippen LogP contribution in [0.15, 0.2) is 79.0 Å². The standard InChI is InChI=1S/C11H12N2O.C9H8N2O.C6H5NO2.Na/c1-7-8(2)13-11-6-9(14-3)4-5-10(11)12-7;1-12-9-6-10-7-4-2-3-5-8(7)11-9;8-7(9)6-4-2-1-3-5-6;/h4-6H,1-3H3;2-6H,1H3;1-5H;. The number of non-ortho nitro benzene ring substituents is 1. The van der Waals surface area contributed by atoms with E-state index in [1.807, 2.05) is 56.3 Å². The molecule has 0 fully saturated rings. The third-order valence-electron chi connectivity index (χ3n) is 4.89. The molecule has 5 aromatic rings. The number of para-hydroxylation sites is 3. The number of nitro benzene ring substituents is 1. The maximum atomic E-state index is 10.0. The molecule has 2 aromatic heterocycles. The number of methoxy groups -OCH3 is 2. The average Bonchev–Trinajstić information content (AvgIpc) is 2.90. The minimum absolute atomic E-state index is 0. The molecular formula is C26H25N5NaO4. The van der Waals surface area contributed by atoms with E-state index >= 15 is 0 Å². The predicted octanol–water partition coefficient (Wildman–Crippen LogP) is 5.11. The van der Waals surface area contributed by atoms with Gasteiger partial charge in [-0.25, -0.2) is 19.9 Å². The third kappa shape index (κ3) is 7.94. The van der Waals surface area contributed by atoms with E-state index in [9.17, 15) is 10.1 Å². The topological polar surface area (TPSA) is 113 Å². The maximum absolute atomic E-state index is 10.0. The molecule has 10 heteroatoms. The zero-order valence-electron chi connectivity index (χ0n) is 20.9. The van der Waals surface area contributed by atoms with Gasteiger partial charge in [-0.1, -0.05) is 30.3 Å². The number of hydrogen-bond donors (Lipinski definition) is 0. The first-order chi connectivity index (χ1) is 16.9. The van der Waals surface area contributed by atoms with Crippen molar-refractivity contribution in [2.75, 3.05) is 14.2 Å². The Hall–Kier alpha value is -3.66. The van der Waals surface area contributed by atoms with Gasteiger partial charge in [-0.2, -0.15) is 0 Å². The van der Waals surface area contributed by atoms with Gasteiger partial charge in [-0.15, -0.1) is 0 Å². The van der Waals surface area contributed by atoms with Crippen molar-refractivity contribution in [2.45, 2.75) is 13.8 Å². The molecule has 5 rings (SSSR count). The molecule has 0 bridgehead atoms. The molecule has 0 saturated carbocycles. The van der Waals surface area contributed by atoms with Gasteiger partial charge in [0.2, 0.25) is 5.88 Å². The van der Waals surface area contributed by atoms with Crippen molar-refractivity contribution in [3.8, 4) is 11.6 Å². The molecule has 0 aliphatic heterocycles. The number of nitrogens with zero attached hydrogens (tertiary/aromatic N) is 5. The molecule has 9 nitrogen and oxygen atoms in total. The second-order valence-corrected chi connectivity index (χ2v) is 7.24. The van der Waals surface area contributed by atoms with Crippen LogP contribution in [0.5, 0.6) is 11.6 Å². The fourth-order valence-corrected chi connectivity index (χ4v) is 2.93. The van der Waals surface area contributed by atoms with Gasteiger partial charge in [0.25, 0.3) is 5.69 Å². The molecule has 0 aliphatic carbocycles. The molecule has 0 unspecified atom stereocenters. The Morgan fingerprint density at radius 3 is 1.89 bits per heavy atom. The molecule has 0 atom stereocenters. The second-order valence-electron chi connectivity index (χ2n) is 7.24. The molecule has 0 amide bonds. The number of aryl methyl sites for hydroxylation is 2. The van der Waals surface area contributed by atoms with Crippen LogP contribution in [0.3, 0.4) is 0 Å². The summed E-state index contributed by atoms with van der Waals surface area (Å²) >= 11 is 0. The summed E-state index contributed by atoms with van der Waals surface area (Å²) in [5, 5.41) is 10.0. The van der Waals surface area contributed by atoms with Crippen molar-refractivity contribution in [1.29, 1.82) is 0 Å². The summed E-state index contributed by atoms with van der Waals surface area (Å²) in [6.45, 7) is 3.92. The maximum Gasteiger partial charge on any atom is 0.269 e. The van der Waals surface area contributed by atoms with Gasteiger partial charge in [0.15, 0.2) is 0 Å². The number of rotatable bonds is 3. The molecule has 1 radical (unpaired) electrons. The van der Waals surface area contributed by atoms with E-state index in [0.29, 0.717) is 5.88 Å². The molecule has 2 heterocycles. The number of fused-ring (bicyclic) bond motifs is 2. The van der Waals surface area contributed by atoms with Crippen LogP contribution in [0.4, 0.5) is 5.69 Å². The smallest absolute Gasteiger partial charge is 0.269 e. The zero-order valence-corrected chi connectivity index (χ0v) is 22.9. The Kier molecular flexibility index (Phi) is 11.1. The van der Waals surface area contributed by atoms with Crippen LogP contribution in [0, 0.1) is 24.0 Å². The number of benzene rings is 3. The van der Waals surface area contributed by atoms with Gasteiger partial charge < -0.3 is 9.47 Å². The minimum atomic E-state index is -0.417. The Bertz CT molecular complexity index is 1430. The first kappa shape index (κ1) is 28.6. The van der Waals surface area contributed by atoms with Crippen LogP contribution < -0.4 is 9.47 Å². The van der Waals surface area contributed by atoms with E-state index in [2.05, 4.69) is 19.9 Å². The van der Waals surface area contributed by atoms with Gasteiger partial charge in [-0.3, -0.25) is 10.1 Å². The van der Waals surface area contributed by atoms with Crippen molar-refractivity contribution in [3.05, 3.63) is 100 Å². The first-order valence-electron chi connectivity index (χ1n) is 10.7. The van der Waals surface area contributed by atoms with Crippen LogP contribution in [0.1, 0.15) is 11.4 Å². The predicted molar refractivity (Wildman–Crippen MR) is 141 cm³/mol. The Morgan fingerprint density at radius 2 is 1.31 bits per heavy atom. The van der Waals surface area contributed by atoms with Gasteiger partial charge in [0.05, 0.1) is 58.8 Å². The summed E-state index contributed by atoms with van der Waals surface area (Å²) in [6, 6.07) is 21.3. The Labute approximate surface area is 231 Å². The number of aromatic nitrogens is 4. The van der Waals surface area contributed by atoms with Crippen molar-refractivity contribution in [3.63, 3.8) is 0 Å². The van der Waals surface area contributed by atoms with Crippen molar-refractivity contribution in [1.82, 2.24) is 19.9 Å². The average molecular weight is 495 g/mol. The van der Waals surface area contributed by atoms with E-state index in [1.165, 1.54) is 12.1 Å². The van der Waals surface area contributed by atoms with E-state index in [-0.39, 0.29) is 35.2 Å². The van der Waals surface area contributed by atoms with E-state index in [0.717, 1.165) is 39.2 Å². The summed E-state index contributed by atoms with van der Waals surface area (Å²) in [5.41, 5.74) is 5.61. The normalized spacial score (nSPS) is 9.67. The quantitative estimate of drug-likeness (QED) is 0.193. The molecule has 0 spiro atoms. The first-order valence-corrected chi connectivity index (χ1v) is 10.7. The SMILES string of the molecule is COc1ccc2nc(C)c(C)nc2c1.COc1cnc2ccccc2n1.O=[N+]([O-])c1ccccc1.[Na]. The van der Waals surface area contributed by atoms with E-state index < -0.39 is 4.92 Å². The molecule has 0 aliphatic rings. The van der Waals surface area contributed by atoms with Crippen LogP contribution in [0.2, 0.25) is 0 Å². The summed E-state index contributed by atoms with van der Waals surface area (Å²) in [7, 11) is 3.23. The van der Waals surface area contributed by atoms with E-state index in [1.54, 1.807) is 38.6 Å². The van der Waals surface area contributed by atoms with E-state index in [4.69, 9.17) is 9.47 Å². The summed E-state index contributed by atoms with van der Waals surface area (Å²) < 4.78 is 10.1. The van der Waals surface area contributed by atoms with Crippen LogP contribution in [-0.2, 0) is 0 Å². The number of nitro groups is 1. The Balaban J connectivity index is 0.000000192. The second kappa shape index (κ2) is 14.0. The fraction of sp³-hybridized carbons (Fsp3) is 0.154. The third-order valence-corrected chi connectivity index (χ3v) is 4.89. The van der Waals surface area contributed by atoms with Crippen molar-refractivity contribution in [2.24, 2.45) is 0 Å². The van der Waals surface area contributed by atoms with Crippen molar-refractivity contribution < 1.29 is 14.4 Å². The molecule has 0 N–H and O–H groups in total. The minimum Gasteiger partial charge on any atom is -0.497 e. The molecule has 3 aromatic carbocycles. The number of ether oxygens (including phenoxy) is 2. The van der Waals surface area contributed by atoms with Crippen LogP contribution in [-0.4, -0.2) is 68.6 Å². The summed E-state index contributed by atoms with van der Waals surface area (Å²) in [5.74, 6) is 1.36. The molecular weight excluding hydrogens is 469 g/mol. The zero-order chi connectivity index (χ0) is 25.2. The van der Waals surface area contributed by atoms with Crippen LogP contribution >= 0.6 is 0 Å². The fourth-order valence-electron chi connectivity index (χ4n) is 2.93. The largest absolute Gasteiger partial charge is 0.497 e. The van der Waals surface area contributed by atoms with Gasteiger partial charge >= 0.3 is 0 Å². The number of hydrogen-bond acceptors (Lipinski definition) is 8. The summed E-state index contributed by atoms with van der Waals surface area (Å²) in [6.07, 6.45) is 1.61. The van der Waals surface area contributed by atoms with Gasteiger partial charge in [0, 0.05) is 47.8 Å². The van der Waals surface area contributed by atoms with Crippen LogP contribution in [0.25, 0.3) is 22.1 Å². The van der Waals surface area contributed by atoms with Gasteiger partial charge in [-0.05, 0) is 38.1 Å². The molecule has 179 valence electrons. The molecule has 0 saturated heterocycles.